The van der Waals surface area contributed by atoms with Crippen LogP contribution in [-0.2, 0) is 4.79 Å². The smallest absolute Gasteiger partial charge is 0.276 e. The summed E-state index contributed by atoms with van der Waals surface area (Å²) >= 11 is 4.89. The Morgan fingerprint density at radius 3 is 2.00 bits per heavy atom. The third kappa shape index (κ3) is 2.34. The van der Waals surface area contributed by atoms with Gasteiger partial charge in [-0.25, -0.2) is 0 Å². The Morgan fingerprint density at radius 2 is 1.65 bits per heavy atom. The van der Waals surface area contributed by atoms with Crippen LogP contribution in [0.3, 0.4) is 0 Å². The first-order valence-corrected chi connectivity index (χ1v) is 4.62. The monoisotopic (exact) mass is 278 g/mol. The maximum Gasteiger partial charge on any atom is 0.406 e. The largest absolute Gasteiger partial charge is 0.406 e. The van der Waals surface area contributed by atoms with Crippen molar-refractivity contribution >= 4 is 16.8 Å². The molecule has 0 radical (unpaired) electrons. The van der Waals surface area contributed by atoms with E-state index in [1.165, 1.54) is 0 Å². The number of hydrogen-bond acceptors (Lipinski definition) is 1. The van der Waals surface area contributed by atoms with Crippen molar-refractivity contribution in [2.75, 3.05) is 0 Å². The summed E-state index contributed by atoms with van der Waals surface area (Å²) in [6, 6.07) is 0. The zero-order chi connectivity index (χ0) is 13.5. The lowest BCUT2D eigenvalue weighted by atomic mass is 9.78. The first kappa shape index (κ1) is 14.1. The van der Waals surface area contributed by atoms with Gasteiger partial charge in [0.25, 0.3) is 5.24 Å². The predicted octanol–water partition coefficient (Wildman–Crippen LogP) is 3.75. The molecule has 0 heterocycles. The van der Waals surface area contributed by atoms with Crippen LogP contribution >= 0.6 is 11.6 Å². The van der Waals surface area contributed by atoms with E-state index in [9.17, 15) is 31.1 Å². The normalized spacial score (nSPS) is 20.1. The van der Waals surface area contributed by atoms with Gasteiger partial charge in [0.15, 0.2) is 5.41 Å². The van der Waals surface area contributed by atoms with Crippen LogP contribution in [-0.4, -0.2) is 17.6 Å². The lowest BCUT2D eigenvalue weighted by Gasteiger charge is -2.35. The van der Waals surface area contributed by atoms with E-state index in [1.54, 1.807) is 0 Å². The molecule has 0 unspecified atom stereocenters. The summed E-state index contributed by atoms with van der Waals surface area (Å²) in [6.45, 7) is 0. The molecule has 0 atom stereocenters. The van der Waals surface area contributed by atoms with Gasteiger partial charge in [0, 0.05) is 5.57 Å². The Bertz CT molecular complexity index is 375. The minimum absolute atomic E-state index is 0.164. The van der Waals surface area contributed by atoms with Crippen molar-refractivity contribution in [3.05, 3.63) is 23.8 Å². The number of carbonyl (C=O) groups excluding carboxylic acids is 1. The van der Waals surface area contributed by atoms with Crippen molar-refractivity contribution in [3.8, 4) is 0 Å². The fourth-order valence-corrected chi connectivity index (χ4v) is 1.54. The van der Waals surface area contributed by atoms with E-state index in [1.807, 2.05) is 0 Å². The molecule has 0 saturated heterocycles. The summed E-state index contributed by atoms with van der Waals surface area (Å²) in [5.41, 5.74) is -4.86. The fourth-order valence-electron chi connectivity index (χ4n) is 1.42. The molecular weight excluding hydrogens is 274 g/mol. The molecule has 0 spiro atoms. The number of allylic oxidation sites excluding steroid dienone is 4. The minimum Gasteiger partial charge on any atom is -0.276 e. The van der Waals surface area contributed by atoms with Crippen molar-refractivity contribution < 1.29 is 31.1 Å². The molecule has 1 nitrogen and oxygen atoms in total. The summed E-state index contributed by atoms with van der Waals surface area (Å²) in [4.78, 5) is 10.7. The molecule has 0 aromatic heterocycles. The molecule has 1 aliphatic carbocycles. The number of halogens is 7. The van der Waals surface area contributed by atoms with Gasteiger partial charge in [-0.1, -0.05) is 12.2 Å². The molecule has 96 valence electrons. The molecule has 0 amide bonds. The summed E-state index contributed by atoms with van der Waals surface area (Å²) in [5, 5.41) is -1.36. The van der Waals surface area contributed by atoms with Gasteiger partial charge in [0.1, 0.15) is 0 Å². The molecule has 0 fully saturated rings. The van der Waals surface area contributed by atoms with Crippen molar-refractivity contribution in [2.24, 2.45) is 5.41 Å². The van der Waals surface area contributed by atoms with Crippen LogP contribution in [0, 0.1) is 5.41 Å². The van der Waals surface area contributed by atoms with Crippen molar-refractivity contribution in [2.45, 2.75) is 18.8 Å². The van der Waals surface area contributed by atoms with E-state index in [0.717, 1.165) is 6.08 Å². The van der Waals surface area contributed by atoms with Gasteiger partial charge in [0.2, 0.25) is 0 Å². The molecule has 0 aromatic rings. The Hall–Kier alpha value is -0.980. The Morgan fingerprint density at radius 1 is 1.18 bits per heavy atom. The number of alkyl halides is 6. The third-order valence-corrected chi connectivity index (χ3v) is 2.60. The van der Waals surface area contributed by atoms with Crippen molar-refractivity contribution in [1.29, 1.82) is 0 Å². The van der Waals surface area contributed by atoms with Gasteiger partial charge >= 0.3 is 12.4 Å². The van der Waals surface area contributed by atoms with Crippen LogP contribution in [0.4, 0.5) is 26.3 Å². The summed E-state index contributed by atoms with van der Waals surface area (Å²) < 4.78 is 75.5. The number of hydrogen-bond donors (Lipinski definition) is 0. The summed E-state index contributed by atoms with van der Waals surface area (Å²) in [6.07, 6.45) is -11.1. The van der Waals surface area contributed by atoms with Gasteiger partial charge < -0.3 is 0 Å². The quantitative estimate of drug-likeness (QED) is 0.527. The summed E-state index contributed by atoms with van der Waals surface area (Å²) in [7, 11) is 0. The second kappa shape index (κ2) is 4.04. The van der Waals surface area contributed by atoms with Gasteiger partial charge in [0.05, 0.1) is 0 Å². The highest BCUT2D eigenvalue weighted by Crippen LogP contribution is 2.55. The maximum absolute atomic E-state index is 12.6. The van der Waals surface area contributed by atoms with E-state index in [4.69, 9.17) is 11.6 Å². The van der Waals surface area contributed by atoms with Crippen LogP contribution in [0.1, 0.15) is 6.42 Å². The highest BCUT2D eigenvalue weighted by molar-refractivity contribution is 6.68. The molecule has 8 heteroatoms. The highest BCUT2D eigenvalue weighted by Gasteiger charge is 2.69. The Kier molecular flexibility index (Phi) is 3.35. The van der Waals surface area contributed by atoms with Gasteiger partial charge in [-0.15, -0.1) is 0 Å². The first-order chi connectivity index (χ1) is 7.51. The molecule has 1 rings (SSSR count). The molecular formula is C9H5ClF6O. The molecule has 0 aliphatic heterocycles. The van der Waals surface area contributed by atoms with Gasteiger partial charge in [-0.2, -0.15) is 26.3 Å². The summed E-state index contributed by atoms with van der Waals surface area (Å²) in [5.74, 6) is 0. The molecule has 1 aliphatic rings. The first-order valence-electron chi connectivity index (χ1n) is 4.24. The van der Waals surface area contributed by atoms with Crippen molar-refractivity contribution in [3.63, 3.8) is 0 Å². The van der Waals surface area contributed by atoms with Crippen molar-refractivity contribution in [1.82, 2.24) is 0 Å². The maximum atomic E-state index is 12.6. The molecule has 0 saturated carbocycles. The minimum atomic E-state index is -5.55. The van der Waals surface area contributed by atoms with E-state index >= 15 is 0 Å². The molecule has 17 heavy (non-hydrogen) atoms. The predicted molar refractivity (Wildman–Crippen MR) is 47.2 cm³/mol. The Labute approximate surface area is 96.7 Å². The van der Waals surface area contributed by atoms with Crippen LogP contribution in [0.25, 0.3) is 0 Å². The number of rotatable bonds is 1. The molecule has 0 aromatic carbocycles. The fraction of sp³-hybridized carbons (Fsp3) is 0.444. The molecule has 0 N–H and O–H groups in total. The van der Waals surface area contributed by atoms with E-state index in [0.29, 0.717) is 6.08 Å². The lowest BCUT2D eigenvalue weighted by molar-refractivity contribution is -0.320. The number of carbonyl (C=O) groups is 1. The molecule has 0 bridgehead atoms. The average Bonchev–Trinajstić information content (AvgIpc) is 2.14. The topological polar surface area (TPSA) is 17.1 Å². The van der Waals surface area contributed by atoms with E-state index < -0.39 is 35.0 Å². The second-order valence-electron chi connectivity index (χ2n) is 3.45. The van der Waals surface area contributed by atoms with Gasteiger partial charge in [-0.3, -0.25) is 4.79 Å². The highest BCUT2D eigenvalue weighted by atomic mass is 35.5. The zero-order valence-corrected chi connectivity index (χ0v) is 8.75. The average molecular weight is 279 g/mol. The standard InChI is InChI=1S/C9H5ClF6O/c10-6(17)5-2-1-3-7(4-5,8(11,12)13)9(14,15)16/h1-2,4H,3H2. The van der Waals surface area contributed by atoms with Crippen LogP contribution < -0.4 is 0 Å². The van der Waals surface area contributed by atoms with E-state index in [2.05, 4.69) is 0 Å². The SMILES string of the molecule is O=C(Cl)C1=CC(C(F)(F)F)(C(F)(F)F)CC=C1. The van der Waals surface area contributed by atoms with Crippen LogP contribution in [0.2, 0.25) is 0 Å². The zero-order valence-electron chi connectivity index (χ0n) is 7.99. The third-order valence-electron chi connectivity index (χ3n) is 2.38. The Balaban J connectivity index is 3.39. The van der Waals surface area contributed by atoms with Crippen LogP contribution in [0.15, 0.2) is 23.8 Å². The van der Waals surface area contributed by atoms with Crippen LogP contribution in [0.5, 0.6) is 0 Å². The van der Waals surface area contributed by atoms with E-state index in [-0.39, 0.29) is 6.08 Å². The van der Waals surface area contributed by atoms with Gasteiger partial charge in [-0.05, 0) is 24.1 Å². The second-order valence-corrected chi connectivity index (χ2v) is 3.79. The lowest BCUT2D eigenvalue weighted by Crippen LogP contribution is -2.49.